The molecule has 6 N–H and O–H groups in total. The third-order valence-corrected chi connectivity index (χ3v) is 5.08. The van der Waals surface area contributed by atoms with Crippen molar-refractivity contribution in [2.45, 2.75) is 42.7 Å². The molecule has 0 bridgehead atoms. The van der Waals surface area contributed by atoms with Crippen LogP contribution in [0.2, 0.25) is 0 Å². The highest BCUT2D eigenvalue weighted by atomic mass is 32.2. The number of methoxy groups -OCH3 is 1. The summed E-state index contributed by atoms with van der Waals surface area (Å²) in [5, 5.41) is 11.7. The lowest BCUT2D eigenvalue weighted by molar-refractivity contribution is 0.208. The van der Waals surface area contributed by atoms with E-state index in [4.69, 9.17) is 15.6 Å². The van der Waals surface area contributed by atoms with Gasteiger partial charge in [0.25, 0.3) is 0 Å². The van der Waals surface area contributed by atoms with Gasteiger partial charge in [-0.1, -0.05) is 12.8 Å². The average Bonchev–Trinajstić information content (AvgIpc) is 2.57. The van der Waals surface area contributed by atoms with Crippen LogP contribution in [0.1, 0.15) is 25.7 Å². The molecule has 1 fully saturated rings. The van der Waals surface area contributed by atoms with Crippen LogP contribution in [0.25, 0.3) is 0 Å². The van der Waals surface area contributed by atoms with Crippen molar-refractivity contribution in [1.82, 2.24) is 5.32 Å². The fraction of sp³-hybridized carbons (Fsp3) is 0.562. The maximum atomic E-state index is 11.3. The van der Waals surface area contributed by atoms with Crippen molar-refractivity contribution in [3.05, 3.63) is 24.3 Å². The lowest BCUT2D eigenvalue weighted by Gasteiger charge is -2.30. The maximum Gasteiger partial charge on any atom is 0.238 e. The summed E-state index contributed by atoms with van der Waals surface area (Å²) in [4.78, 5) is 4.55. The molecule has 1 aliphatic rings. The molecule has 2 rings (SSSR count). The Morgan fingerprint density at radius 1 is 1.28 bits per heavy atom. The lowest BCUT2D eigenvalue weighted by Crippen LogP contribution is -2.51. The first-order valence-corrected chi connectivity index (χ1v) is 9.90. The third-order valence-electron chi connectivity index (χ3n) is 4.15. The summed E-state index contributed by atoms with van der Waals surface area (Å²) < 4.78 is 27.7. The highest BCUT2D eigenvalue weighted by Gasteiger charge is 2.22. The summed E-state index contributed by atoms with van der Waals surface area (Å²) in [5.41, 5.74) is 6.90. The van der Waals surface area contributed by atoms with Gasteiger partial charge in [0.15, 0.2) is 5.96 Å². The molecule has 0 saturated heterocycles. The molecule has 0 radical (unpaired) electrons. The average molecular weight is 369 g/mol. The number of benzene rings is 1. The van der Waals surface area contributed by atoms with Gasteiger partial charge >= 0.3 is 0 Å². The molecule has 25 heavy (non-hydrogen) atoms. The number of nitrogens with zero attached hydrogens (tertiary/aromatic N) is 1. The number of primary sulfonamides is 1. The van der Waals surface area contributed by atoms with Crippen LogP contribution in [0.4, 0.5) is 5.69 Å². The summed E-state index contributed by atoms with van der Waals surface area (Å²) in [6, 6.07) is 6.45. The lowest BCUT2D eigenvalue weighted by atomic mass is 9.91. The summed E-state index contributed by atoms with van der Waals surface area (Å²) >= 11 is 0. The Bertz CT molecular complexity index is 676. The van der Waals surface area contributed by atoms with Crippen LogP contribution in [0.15, 0.2) is 34.2 Å². The second kappa shape index (κ2) is 9.14. The Labute approximate surface area is 149 Å². The van der Waals surface area contributed by atoms with Crippen LogP contribution in [-0.4, -0.2) is 46.7 Å². The van der Waals surface area contributed by atoms with E-state index in [1.807, 2.05) is 0 Å². The first kappa shape index (κ1) is 19.6. The number of rotatable bonds is 6. The molecule has 1 saturated carbocycles. The minimum atomic E-state index is -3.70. The first-order valence-electron chi connectivity index (χ1n) is 8.35. The summed E-state index contributed by atoms with van der Waals surface area (Å²) in [7, 11) is -2.08. The highest BCUT2D eigenvalue weighted by Crippen LogP contribution is 2.17. The van der Waals surface area contributed by atoms with Crippen LogP contribution in [0.5, 0.6) is 0 Å². The molecular formula is C16H27N5O3S. The van der Waals surface area contributed by atoms with Gasteiger partial charge < -0.3 is 21.1 Å². The van der Waals surface area contributed by atoms with Crippen molar-refractivity contribution in [2.24, 2.45) is 15.9 Å². The van der Waals surface area contributed by atoms with Gasteiger partial charge in [-0.3, -0.25) is 4.99 Å². The van der Waals surface area contributed by atoms with Crippen LogP contribution >= 0.6 is 0 Å². The van der Waals surface area contributed by atoms with Gasteiger partial charge in [0.05, 0.1) is 18.0 Å². The van der Waals surface area contributed by atoms with Crippen LogP contribution in [0.3, 0.4) is 0 Å². The predicted octanol–water partition coefficient (Wildman–Crippen LogP) is 0.608. The predicted molar refractivity (Wildman–Crippen MR) is 99.0 cm³/mol. The zero-order chi connectivity index (χ0) is 18.3. The van der Waals surface area contributed by atoms with Crippen LogP contribution in [-0.2, 0) is 14.8 Å². The molecule has 0 amide bonds. The number of ether oxygens (including phenoxy) is 1. The Hall–Kier alpha value is -1.68. The zero-order valence-electron chi connectivity index (χ0n) is 14.4. The molecule has 9 heteroatoms. The number of nitrogens with two attached hydrogens (primary N) is 2. The molecule has 8 nitrogen and oxygen atoms in total. The molecule has 1 aliphatic carbocycles. The summed E-state index contributed by atoms with van der Waals surface area (Å²) in [6.45, 7) is 1.01. The second-order valence-corrected chi connectivity index (χ2v) is 7.68. The van der Waals surface area contributed by atoms with Gasteiger partial charge in [-0.2, -0.15) is 0 Å². The molecule has 1 aromatic rings. The van der Waals surface area contributed by atoms with Crippen LogP contribution in [0, 0.1) is 0 Å². The molecule has 140 valence electrons. The van der Waals surface area contributed by atoms with Crippen molar-refractivity contribution in [3.8, 4) is 0 Å². The standard InChI is InChI=1S/C16H27N5O3S/c1-24-11-10-19-16(21-15-5-3-2-4-14(15)17)20-12-6-8-13(9-7-12)25(18,22)23/h6-9,14-15H,2-5,10-11,17H2,1H3,(H2,18,22,23)(H2,19,20,21)/t14-,15-/m0/s1. The molecule has 2 atom stereocenters. The van der Waals surface area contributed by atoms with Gasteiger partial charge in [-0.15, -0.1) is 0 Å². The molecule has 0 unspecified atom stereocenters. The SMILES string of the molecule is COCCN=C(Nc1ccc(S(N)(=O)=O)cc1)N[C@H]1CCCC[C@@H]1N. The number of sulfonamides is 1. The van der Waals surface area contributed by atoms with E-state index in [-0.39, 0.29) is 17.0 Å². The second-order valence-electron chi connectivity index (χ2n) is 6.12. The van der Waals surface area contributed by atoms with Crippen molar-refractivity contribution >= 4 is 21.7 Å². The quantitative estimate of drug-likeness (QED) is 0.330. The van der Waals surface area contributed by atoms with Gasteiger partial charge in [-0.25, -0.2) is 13.6 Å². The molecule has 0 heterocycles. The monoisotopic (exact) mass is 369 g/mol. The minimum absolute atomic E-state index is 0.0678. The summed E-state index contributed by atoms with van der Waals surface area (Å²) in [6.07, 6.45) is 4.28. The van der Waals surface area contributed by atoms with E-state index in [0.29, 0.717) is 24.8 Å². The third kappa shape index (κ3) is 6.28. The Kier molecular flexibility index (Phi) is 7.18. The molecule has 0 aromatic heterocycles. The van der Waals surface area contributed by atoms with E-state index in [0.717, 1.165) is 25.7 Å². The first-order chi connectivity index (χ1) is 11.9. The van der Waals surface area contributed by atoms with E-state index in [1.54, 1.807) is 19.2 Å². The topological polar surface area (TPSA) is 132 Å². The molecule has 0 spiro atoms. The van der Waals surface area contributed by atoms with E-state index in [2.05, 4.69) is 15.6 Å². The van der Waals surface area contributed by atoms with Crippen molar-refractivity contribution in [1.29, 1.82) is 0 Å². The number of nitrogens with one attached hydrogen (secondary N) is 2. The smallest absolute Gasteiger partial charge is 0.238 e. The largest absolute Gasteiger partial charge is 0.383 e. The van der Waals surface area contributed by atoms with Crippen LogP contribution < -0.4 is 21.5 Å². The highest BCUT2D eigenvalue weighted by molar-refractivity contribution is 7.89. The molecule has 1 aromatic carbocycles. The molecule has 0 aliphatic heterocycles. The molecular weight excluding hydrogens is 342 g/mol. The Morgan fingerprint density at radius 3 is 2.56 bits per heavy atom. The van der Waals surface area contributed by atoms with Crippen molar-refractivity contribution in [3.63, 3.8) is 0 Å². The van der Waals surface area contributed by atoms with Gasteiger partial charge in [-0.05, 0) is 37.1 Å². The van der Waals surface area contributed by atoms with E-state index in [9.17, 15) is 8.42 Å². The maximum absolute atomic E-state index is 11.3. The van der Waals surface area contributed by atoms with E-state index < -0.39 is 10.0 Å². The number of guanidine groups is 1. The minimum Gasteiger partial charge on any atom is -0.383 e. The number of aliphatic imine (C=N–C) groups is 1. The van der Waals surface area contributed by atoms with E-state index >= 15 is 0 Å². The zero-order valence-corrected chi connectivity index (χ0v) is 15.3. The van der Waals surface area contributed by atoms with Gasteiger partial charge in [0.1, 0.15) is 0 Å². The number of hydrogen-bond acceptors (Lipinski definition) is 5. The van der Waals surface area contributed by atoms with Gasteiger partial charge in [0, 0.05) is 24.9 Å². The Morgan fingerprint density at radius 2 is 1.96 bits per heavy atom. The number of anilines is 1. The van der Waals surface area contributed by atoms with Crippen molar-refractivity contribution in [2.75, 3.05) is 25.6 Å². The van der Waals surface area contributed by atoms with Gasteiger partial charge in [0.2, 0.25) is 10.0 Å². The van der Waals surface area contributed by atoms with E-state index in [1.165, 1.54) is 12.1 Å². The number of hydrogen-bond donors (Lipinski definition) is 4. The van der Waals surface area contributed by atoms with Crippen molar-refractivity contribution < 1.29 is 13.2 Å². The summed E-state index contributed by atoms with van der Waals surface area (Å²) in [5.74, 6) is 0.600. The fourth-order valence-corrected chi connectivity index (χ4v) is 3.26. The normalized spacial score (nSPS) is 21.8. The fourth-order valence-electron chi connectivity index (χ4n) is 2.75. The Balaban J connectivity index is 2.08.